The van der Waals surface area contributed by atoms with E-state index in [1.54, 1.807) is 0 Å². The van der Waals surface area contributed by atoms with Crippen molar-refractivity contribution < 1.29 is 42.9 Å². The zero-order valence-corrected chi connectivity index (χ0v) is 61.7. The van der Waals surface area contributed by atoms with Crippen LogP contribution in [0.4, 0.5) is 0 Å². The monoisotopic (exact) mass is 1300 g/mol. The SMILES string of the molecule is CC/C=C\C/C=C\C/C=C\C/C=C\C/C=C\C/C=C\C/C=C\CCCCCCCCCCCC(=O)OC(COC(=O)CCCCCCCCCCCCCCCCCCCCCCCCCCC/C=C\CCCCCCCCCC)COC(OCC[N+](C)(C)C)C(=O)O. The number of carboxylic acids is 1. The number of likely N-dealkylation sites (N-methyl/N-ethyl adjacent to an activating group) is 1. The Labute approximate surface area is 575 Å². The fourth-order valence-electron chi connectivity index (χ4n) is 11.3. The number of rotatable bonds is 73. The average molecular weight is 1300 g/mol. The van der Waals surface area contributed by atoms with Crippen LogP contribution in [0, 0.1) is 0 Å². The number of ether oxygens (including phenoxy) is 4. The maximum Gasteiger partial charge on any atom is 0.361 e. The molecule has 9 nitrogen and oxygen atoms in total. The number of allylic oxidation sites excluding steroid dienone is 16. The Bertz CT molecular complexity index is 1850. The second-order valence-corrected chi connectivity index (χ2v) is 27.6. The smallest absolute Gasteiger partial charge is 0.361 e. The predicted octanol–water partition coefficient (Wildman–Crippen LogP) is 25.1. The molecule has 0 saturated carbocycles. The average Bonchev–Trinajstić information content (AvgIpc) is 3.38. The van der Waals surface area contributed by atoms with Crippen molar-refractivity contribution in [3.63, 3.8) is 0 Å². The molecule has 0 aliphatic carbocycles. The van der Waals surface area contributed by atoms with E-state index in [9.17, 15) is 19.5 Å². The summed E-state index contributed by atoms with van der Waals surface area (Å²) in [6.45, 7) is 4.80. The third-order valence-electron chi connectivity index (χ3n) is 17.3. The van der Waals surface area contributed by atoms with Crippen molar-refractivity contribution in [2.24, 2.45) is 0 Å². The first-order valence-electron chi connectivity index (χ1n) is 39.4. The molecule has 538 valence electrons. The fraction of sp³-hybridized carbons (Fsp3) is 0.774. The van der Waals surface area contributed by atoms with Gasteiger partial charge in [0.05, 0.1) is 34.4 Å². The van der Waals surface area contributed by atoms with Crippen molar-refractivity contribution in [2.75, 3.05) is 47.5 Å². The molecule has 0 spiro atoms. The number of hydrogen-bond acceptors (Lipinski definition) is 7. The molecule has 0 aromatic rings. The van der Waals surface area contributed by atoms with Gasteiger partial charge in [0.25, 0.3) is 6.29 Å². The predicted molar refractivity (Wildman–Crippen MR) is 401 cm³/mol. The van der Waals surface area contributed by atoms with E-state index in [0.29, 0.717) is 23.9 Å². The second-order valence-electron chi connectivity index (χ2n) is 27.6. The molecule has 0 aromatic carbocycles. The van der Waals surface area contributed by atoms with Gasteiger partial charge in [-0.15, -0.1) is 0 Å². The summed E-state index contributed by atoms with van der Waals surface area (Å²) in [7, 11) is 5.98. The van der Waals surface area contributed by atoms with Crippen molar-refractivity contribution in [1.29, 1.82) is 0 Å². The number of hydrogen-bond donors (Lipinski definition) is 1. The lowest BCUT2D eigenvalue weighted by Crippen LogP contribution is -2.40. The highest BCUT2D eigenvalue weighted by atomic mass is 16.7. The highest BCUT2D eigenvalue weighted by Gasteiger charge is 2.25. The molecule has 0 aliphatic heterocycles. The van der Waals surface area contributed by atoms with Crippen LogP contribution in [0.2, 0.25) is 0 Å². The molecule has 0 rings (SSSR count). The molecule has 0 saturated heterocycles. The van der Waals surface area contributed by atoms with E-state index in [2.05, 4.69) is 111 Å². The molecule has 2 unspecified atom stereocenters. The highest BCUT2D eigenvalue weighted by Crippen LogP contribution is 2.19. The molecular weight excluding hydrogens is 1150 g/mol. The summed E-state index contributed by atoms with van der Waals surface area (Å²) >= 11 is 0. The number of esters is 2. The third-order valence-corrected chi connectivity index (χ3v) is 17.3. The molecule has 0 aliphatic rings. The van der Waals surface area contributed by atoms with Gasteiger partial charge in [0.2, 0.25) is 0 Å². The normalized spacial score (nSPS) is 13.2. The largest absolute Gasteiger partial charge is 0.477 e. The molecule has 0 bridgehead atoms. The van der Waals surface area contributed by atoms with E-state index in [0.717, 1.165) is 89.9 Å². The van der Waals surface area contributed by atoms with Gasteiger partial charge in [-0.1, -0.05) is 349 Å². The first-order chi connectivity index (χ1) is 45.6. The Kier molecular flexibility index (Phi) is 71.0. The quantitative estimate of drug-likeness (QED) is 0.0211. The summed E-state index contributed by atoms with van der Waals surface area (Å²) < 4.78 is 23.0. The molecule has 0 fully saturated rings. The summed E-state index contributed by atoms with van der Waals surface area (Å²) in [4.78, 5) is 37.7. The first kappa shape index (κ1) is 89.2. The van der Waals surface area contributed by atoms with Crippen molar-refractivity contribution in [1.82, 2.24) is 0 Å². The van der Waals surface area contributed by atoms with Crippen LogP contribution in [0.5, 0.6) is 0 Å². The van der Waals surface area contributed by atoms with Gasteiger partial charge < -0.3 is 28.5 Å². The number of carbonyl (C=O) groups is 3. The number of unbranched alkanes of at least 4 members (excludes halogenated alkanes) is 42. The van der Waals surface area contributed by atoms with Crippen molar-refractivity contribution in [3.05, 3.63) is 97.2 Å². The lowest BCUT2D eigenvalue weighted by molar-refractivity contribution is -0.870. The molecular formula is C84H150NO8+. The van der Waals surface area contributed by atoms with Crippen LogP contribution in [-0.4, -0.2) is 87.4 Å². The summed E-state index contributed by atoms with van der Waals surface area (Å²) in [6, 6.07) is 0. The molecule has 0 aromatic heterocycles. The minimum Gasteiger partial charge on any atom is -0.477 e. The number of aliphatic carboxylic acids is 1. The van der Waals surface area contributed by atoms with E-state index in [-0.39, 0.29) is 32.2 Å². The minimum absolute atomic E-state index is 0.184. The summed E-state index contributed by atoms with van der Waals surface area (Å²) in [5.41, 5.74) is 0. The Hall–Kier alpha value is -3.79. The van der Waals surface area contributed by atoms with Gasteiger partial charge in [0, 0.05) is 12.8 Å². The Morgan fingerprint density at radius 3 is 0.925 bits per heavy atom. The maximum atomic E-state index is 13.0. The first-order valence-corrected chi connectivity index (χ1v) is 39.4. The Morgan fingerprint density at radius 2 is 0.613 bits per heavy atom. The number of nitrogens with zero attached hydrogens (tertiary/aromatic N) is 1. The molecule has 9 heteroatoms. The van der Waals surface area contributed by atoms with E-state index in [1.807, 2.05) is 21.1 Å². The van der Waals surface area contributed by atoms with Gasteiger partial charge in [-0.25, -0.2) is 4.79 Å². The Morgan fingerprint density at radius 1 is 0.333 bits per heavy atom. The maximum absolute atomic E-state index is 13.0. The zero-order valence-electron chi connectivity index (χ0n) is 61.7. The van der Waals surface area contributed by atoms with Gasteiger partial charge in [-0.05, 0) is 96.3 Å². The van der Waals surface area contributed by atoms with E-state index < -0.39 is 24.3 Å². The van der Waals surface area contributed by atoms with E-state index in [4.69, 9.17) is 18.9 Å². The molecule has 2 atom stereocenters. The molecule has 93 heavy (non-hydrogen) atoms. The lowest BCUT2D eigenvalue weighted by atomic mass is 10.0. The van der Waals surface area contributed by atoms with Crippen LogP contribution in [0.15, 0.2) is 97.2 Å². The van der Waals surface area contributed by atoms with Gasteiger partial charge in [-0.3, -0.25) is 9.59 Å². The topological polar surface area (TPSA) is 108 Å². The molecule has 0 heterocycles. The van der Waals surface area contributed by atoms with Gasteiger partial charge >= 0.3 is 17.9 Å². The van der Waals surface area contributed by atoms with Crippen molar-refractivity contribution in [3.8, 4) is 0 Å². The van der Waals surface area contributed by atoms with Gasteiger partial charge in [0.15, 0.2) is 6.10 Å². The summed E-state index contributed by atoms with van der Waals surface area (Å²) in [6.07, 6.45) is 99.9. The highest BCUT2D eigenvalue weighted by molar-refractivity contribution is 5.71. The molecule has 0 amide bonds. The van der Waals surface area contributed by atoms with Crippen LogP contribution in [-0.2, 0) is 33.3 Å². The van der Waals surface area contributed by atoms with Crippen LogP contribution < -0.4 is 0 Å². The zero-order chi connectivity index (χ0) is 67.5. The third kappa shape index (κ3) is 75.5. The summed E-state index contributed by atoms with van der Waals surface area (Å²) in [5, 5.41) is 9.77. The van der Waals surface area contributed by atoms with E-state index in [1.165, 1.54) is 238 Å². The van der Waals surface area contributed by atoms with Crippen LogP contribution in [0.3, 0.4) is 0 Å². The number of carboxylic acid groups (broad SMARTS) is 1. The van der Waals surface area contributed by atoms with E-state index >= 15 is 0 Å². The van der Waals surface area contributed by atoms with Gasteiger partial charge in [0.1, 0.15) is 13.2 Å². The molecule has 1 N–H and O–H groups in total. The van der Waals surface area contributed by atoms with Crippen LogP contribution in [0.25, 0.3) is 0 Å². The molecule has 0 radical (unpaired) electrons. The minimum atomic E-state index is -1.52. The van der Waals surface area contributed by atoms with Crippen molar-refractivity contribution >= 4 is 17.9 Å². The van der Waals surface area contributed by atoms with Crippen LogP contribution in [0.1, 0.15) is 361 Å². The van der Waals surface area contributed by atoms with Crippen molar-refractivity contribution in [2.45, 2.75) is 373 Å². The standard InChI is InChI=1S/C84H149NO8/c1-6-8-10-12-14-16-18-20-22-24-26-28-30-32-34-36-38-39-40-41-42-43-45-46-48-50-52-54-56-58-60-62-64-66-68-70-72-74-81(86)91-78-80(79-92-84(83(88)89)90-77-76-85(3,4)5)93-82(87)75-73-71-69-67-65-63-61-59-57-55-53-51-49-47-44-37-35-33-31-29-27-25-23-21-19-17-15-13-11-9-7-2/h9,11,15,17,21,23-24,26-27,29,33,35,44,47,51,53,80,84H,6-8,10,12-14,16,18-20,22,25,28,30-32,34,36-43,45-46,48-50,52,54-79H2,1-5H3/p+1/b11-9-,17-15-,23-21-,26-24-,29-27-,35-33-,47-44-,53-51-. The second kappa shape index (κ2) is 74.0. The lowest BCUT2D eigenvalue weighted by Gasteiger charge is -2.25. The van der Waals surface area contributed by atoms with Crippen LogP contribution >= 0.6 is 0 Å². The summed E-state index contributed by atoms with van der Waals surface area (Å²) in [5.74, 6) is -2.00. The number of quaternary nitrogens is 1. The Balaban J connectivity index is 4.03. The number of carbonyl (C=O) groups excluding carboxylic acids is 2. The fourth-order valence-corrected chi connectivity index (χ4v) is 11.3. The van der Waals surface area contributed by atoms with Gasteiger partial charge in [-0.2, -0.15) is 0 Å².